The number of carbonyl (C=O) groups excluding carboxylic acids is 1. The zero-order chi connectivity index (χ0) is 17.5. The van der Waals surface area contributed by atoms with Crippen molar-refractivity contribution < 1.29 is 13.6 Å². The molecule has 24 heavy (non-hydrogen) atoms. The maximum Gasteiger partial charge on any atom is 0.209 e. The first kappa shape index (κ1) is 18.8. The van der Waals surface area contributed by atoms with Crippen LogP contribution < -0.4 is 5.73 Å². The summed E-state index contributed by atoms with van der Waals surface area (Å²) in [5, 5.41) is 0. The first-order chi connectivity index (χ1) is 11.6. The van der Waals surface area contributed by atoms with E-state index in [0.29, 0.717) is 18.2 Å². The van der Waals surface area contributed by atoms with Crippen molar-refractivity contribution in [2.75, 3.05) is 32.7 Å². The van der Waals surface area contributed by atoms with E-state index in [2.05, 4.69) is 11.8 Å². The van der Waals surface area contributed by atoms with Crippen LogP contribution in [0.1, 0.15) is 37.7 Å². The molecule has 0 saturated carbocycles. The predicted octanol–water partition coefficient (Wildman–Crippen LogP) is 2.34. The Kier molecular flexibility index (Phi) is 7.12. The van der Waals surface area contributed by atoms with Gasteiger partial charge >= 0.3 is 0 Å². The van der Waals surface area contributed by atoms with Crippen LogP contribution in [0.2, 0.25) is 0 Å². The van der Waals surface area contributed by atoms with E-state index in [-0.39, 0.29) is 5.92 Å². The molecule has 0 radical (unpaired) electrons. The molecule has 1 amide bonds. The summed E-state index contributed by atoms with van der Waals surface area (Å²) in [6.45, 7) is 6.50. The second kappa shape index (κ2) is 9.08. The van der Waals surface area contributed by atoms with Gasteiger partial charge in [0.05, 0.1) is 0 Å². The van der Waals surface area contributed by atoms with Gasteiger partial charge in [-0.15, -0.1) is 0 Å². The summed E-state index contributed by atoms with van der Waals surface area (Å²) in [7, 11) is 0. The van der Waals surface area contributed by atoms with Crippen molar-refractivity contribution in [3.63, 3.8) is 0 Å². The molecule has 2 aliphatic rings. The average Bonchev–Trinajstić information content (AvgIpc) is 3.24. The van der Waals surface area contributed by atoms with Crippen molar-refractivity contribution in [2.45, 2.75) is 38.1 Å². The van der Waals surface area contributed by atoms with Crippen LogP contribution in [0, 0.1) is 11.6 Å². The lowest BCUT2D eigenvalue weighted by atomic mass is 9.98. The average molecular weight is 339 g/mol. The number of nitrogens with zero attached hydrogens (tertiary/aromatic N) is 2. The highest BCUT2D eigenvalue weighted by Crippen LogP contribution is 2.28. The fraction of sp³-hybridized carbons (Fsp3) is 0.611. The van der Waals surface area contributed by atoms with Crippen molar-refractivity contribution in [3.05, 3.63) is 35.4 Å². The van der Waals surface area contributed by atoms with Gasteiger partial charge in [0.1, 0.15) is 11.6 Å². The number of hydrogen-bond donors (Lipinski definition) is 1. The van der Waals surface area contributed by atoms with Crippen LogP contribution >= 0.6 is 0 Å². The lowest BCUT2D eigenvalue weighted by Crippen LogP contribution is -2.34. The van der Waals surface area contributed by atoms with Gasteiger partial charge in [-0.3, -0.25) is 4.79 Å². The van der Waals surface area contributed by atoms with Crippen LogP contribution in [-0.2, 0) is 4.79 Å². The number of likely N-dealkylation sites (tertiary alicyclic amines) is 2. The van der Waals surface area contributed by atoms with Gasteiger partial charge in [-0.05, 0) is 44.0 Å². The summed E-state index contributed by atoms with van der Waals surface area (Å²) in [4.78, 5) is 14.3. The maximum atomic E-state index is 13.5. The van der Waals surface area contributed by atoms with E-state index in [1.165, 1.54) is 6.07 Å². The third-order valence-electron chi connectivity index (χ3n) is 4.95. The second-order valence-corrected chi connectivity index (χ2v) is 6.42. The Bertz CT molecular complexity index is 541. The Hall–Kier alpha value is -1.53. The number of amides is 1. The van der Waals surface area contributed by atoms with Gasteiger partial charge in [0.2, 0.25) is 6.41 Å². The van der Waals surface area contributed by atoms with Gasteiger partial charge in [0.25, 0.3) is 0 Å². The smallest absolute Gasteiger partial charge is 0.209 e. The summed E-state index contributed by atoms with van der Waals surface area (Å²) in [6, 6.07) is 4.22. The molecule has 2 atom stereocenters. The third-order valence-corrected chi connectivity index (χ3v) is 4.95. The van der Waals surface area contributed by atoms with E-state index in [1.54, 1.807) is 11.0 Å². The summed E-state index contributed by atoms with van der Waals surface area (Å²) >= 11 is 0. The second-order valence-electron chi connectivity index (χ2n) is 6.42. The van der Waals surface area contributed by atoms with E-state index in [1.807, 2.05) is 0 Å². The van der Waals surface area contributed by atoms with Crippen molar-refractivity contribution in [1.29, 1.82) is 0 Å². The summed E-state index contributed by atoms with van der Waals surface area (Å²) in [5.41, 5.74) is 6.06. The van der Waals surface area contributed by atoms with Crippen LogP contribution in [0.5, 0.6) is 0 Å². The van der Waals surface area contributed by atoms with Crippen LogP contribution in [0.3, 0.4) is 0 Å². The van der Waals surface area contributed by atoms with Crippen molar-refractivity contribution in [1.82, 2.24) is 9.80 Å². The molecule has 2 aliphatic heterocycles. The largest absolute Gasteiger partial charge is 0.341 e. The normalized spacial score (nSPS) is 23.9. The SMILES string of the molecule is CCN1CCC(c2ccc(F)cc2F)C1.NCC1CCCN1C=O. The van der Waals surface area contributed by atoms with E-state index >= 15 is 0 Å². The molecular weight excluding hydrogens is 312 g/mol. The van der Waals surface area contributed by atoms with Crippen LogP contribution in [0.15, 0.2) is 18.2 Å². The van der Waals surface area contributed by atoms with Crippen LogP contribution in [0.25, 0.3) is 0 Å². The minimum atomic E-state index is -0.499. The van der Waals surface area contributed by atoms with E-state index < -0.39 is 11.6 Å². The Morgan fingerprint density at radius 1 is 1.29 bits per heavy atom. The van der Waals surface area contributed by atoms with Crippen LogP contribution in [-0.4, -0.2) is 55.0 Å². The minimum Gasteiger partial charge on any atom is -0.341 e. The Morgan fingerprint density at radius 2 is 2.08 bits per heavy atom. The number of nitrogens with two attached hydrogens (primary N) is 1. The molecule has 4 nitrogen and oxygen atoms in total. The van der Waals surface area contributed by atoms with E-state index in [9.17, 15) is 13.6 Å². The molecular formula is C18H27F2N3O. The van der Waals surface area contributed by atoms with Gasteiger partial charge < -0.3 is 15.5 Å². The first-order valence-corrected chi connectivity index (χ1v) is 8.67. The summed E-state index contributed by atoms with van der Waals surface area (Å²) < 4.78 is 26.2. The standard InChI is InChI=1S/C12H15F2N.C6H12N2O/c1-2-15-6-5-9(8-15)11-4-3-10(13)7-12(11)14;7-4-6-2-1-3-8(6)5-9/h3-4,7,9H,2,5-6,8H2,1H3;5-6H,1-4,7H2. The molecule has 1 aromatic carbocycles. The molecule has 3 rings (SSSR count). The number of hydrogen-bond acceptors (Lipinski definition) is 3. The van der Waals surface area contributed by atoms with E-state index in [4.69, 9.17) is 5.73 Å². The van der Waals surface area contributed by atoms with Crippen molar-refractivity contribution in [2.24, 2.45) is 5.73 Å². The lowest BCUT2D eigenvalue weighted by molar-refractivity contribution is -0.118. The lowest BCUT2D eigenvalue weighted by Gasteiger charge is -2.16. The number of carbonyl (C=O) groups is 1. The highest BCUT2D eigenvalue weighted by atomic mass is 19.1. The Balaban J connectivity index is 0.000000198. The summed E-state index contributed by atoms with van der Waals surface area (Å²) in [5.74, 6) is -0.676. The molecule has 2 unspecified atom stereocenters. The number of benzene rings is 1. The maximum absolute atomic E-state index is 13.5. The number of likely N-dealkylation sites (N-methyl/N-ethyl adjacent to an activating group) is 1. The van der Waals surface area contributed by atoms with Gasteiger partial charge in [-0.2, -0.15) is 0 Å². The molecule has 0 aromatic heterocycles. The molecule has 2 N–H and O–H groups in total. The molecule has 0 aliphatic carbocycles. The molecule has 2 heterocycles. The molecule has 2 fully saturated rings. The molecule has 134 valence electrons. The van der Waals surface area contributed by atoms with Crippen LogP contribution in [0.4, 0.5) is 8.78 Å². The van der Waals surface area contributed by atoms with Gasteiger partial charge in [0, 0.05) is 37.7 Å². The fourth-order valence-electron chi connectivity index (χ4n) is 3.46. The Morgan fingerprint density at radius 3 is 2.62 bits per heavy atom. The van der Waals surface area contributed by atoms with Gasteiger partial charge in [-0.1, -0.05) is 13.0 Å². The Labute approximate surface area is 142 Å². The fourth-order valence-corrected chi connectivity index (χ4v) is 3.46. The highest BCUT2D eigenvalue weighted by Gasteiger charge is 2.24. The number of rotatable bonds is 4. The minimum absolute atomic E-state index is 0.227. The third kappa shape index (κ3) is 4.74. The predicted molar refractivity (Wildman–Crippen MR) is 90.7 cm³/mol. The highest BCUT2D eigenvalue weighted by molar-refractivity contribution is 5.48. The number of halogens is 2. The first-order valence-electron chi connectivity index (χ1n) is 8.67. The molecule has 2 saturated heterocycles. The van der Waals surface area contributed by atoms with Gasteiger partial charge in [0.15, 0.2) is 0 Å². The summed E-state index contributed by atoms with van der Waals surface area (Å²) in [6.07, 6.45) is 4.05. The monoisotopic (exact) mass is 339 g/mol. The molecule has 1 aromatic rings. The molecule has 0 bridgehead atoms. The van der Waals surface area contributed by atoms with E-state index in [0.717, 1.165) is 57.9 Å². The molecule has 6 heteroatoms. The zero-order valence-electron chi connectivity index (χ0n) is 14.3. The van der Waals surface area contributed by atoms with Crippen molar-refractivity contribution >= 4 is 6.41 Å². The topological polar surface area (TPSA) is 49.6 Å². The quantitative estimate of drug-likeness (QED) is 0.857. The molecule has 0 spiro atoms. The van der Waals surface area contributed by atoms with Crippen molar-refractivity contribution in [3.8, 4) is 0 Å². The van der Waals surface area contributed by atoms with Gasteiger partial charge in [-0.25, -0.2) is 8.78 Å². The zero-order valence-corrected chi connectivity index (χ0v) is 14.3.